The van der Waals surface area contributed by atoms with E-state index in [1.54, 1.807) is 0 Å². The Labute approximate surface area is 108 Å². The quantitative estimate of drug-likeness (QED) is 0.817. The molecular formula is C14H23NO3. The van der Waals surface area contributed by atoms with Crippen LogP contribution in [0.25, 0.3) is 0 Å². The molecule has 18 heavy (non-hydrogen) atoms. The molecule has 2 aliphatic rings. The Hall–Kier alpha value is -1.06. The lowest BCUT2D eigenvalue weighted by atomic mass is 9.88. The number of carboxylic acid groups (broad SMARTS) is 1. The van der Waals surface area contributed by atoms with Crippen LogP contribution < -0.4 is 0 Å². The van der Waals surface area contributed by atoms with E-state index < -0.39 is 11.9 Å². The third-order valence-electron chi connectivity index (χ3n) is 5.01. The zero-order valence-electron chi connectivity index (χ0n) is 11.6. The Morgan fingerprint density at radius 1 is 1.17 bits per heavy atom. The van der Waals surface area contributed by atoms with E-state index in [9.17, 15) is 9.59 Å². The minimum atomic E-state index is -0.836. The molecule has 2 unspecified atom stereocenters. The van der Waals surface area contributed by atoms with Crippen molar-refractivity contribution in [3.63, 3.8) is 0 Å². The predicted octanol–water partition coefficient (Wildman–Crippen LogP) is 1.85. The van der Waals surface area contributed by atoms with Gasteiger partial charge in [0.2, 0.25) is 5.91 Å². The fourth-order valence-corrected chi connectivity index (χ4v) is 3.22. The standard InChI is InChI=1S/C14H23NO3/c1-8-5-6-15(7-9(8)2)12(16)10-11(13(17)18)14(10,3)4/h8-11H,5-7H2,1-4H3,(H,17,18)/t8?,9?,10-,11+/m0/s1. The topological polar surface area (TPSA) is 57.6 Å². The summed E-state index contributed by atoms with van der Waals surface area (Å²) in [4.78, 5) is 25.4. The lowest BCUT2D eigenvalue weighted by Gasteiger charge is -2.35. The van der Waals surface area contributed by atoms with E-state index in [0.29, 0.717) is 11.8 Å². The predicted molar refractivity (Wildman–Crippen MR) is 67.9 cm³/mol. The van der Waals surface area contributed by atoms with Crippen molar-refractivity contribution in [1.82, 2.24) is 4.90 Å². The normalized spacial score (nSPS) is 38.3. The summed E-state index contributed by atoms with van der Waals surface area (Å²) in [6, 6.07) is 0. The molecule has 1 amide bonds. The number of carbonyl (C=O) groups excluding carboxylic acids is 1. The van der Waals surface area contributed by atoms with Gasteiger partial charge in [-0.25, -0.2) is 0 Å². The average Bonchev–Trinajstić information content (AvgIpc) is 2.85. The molecule has 1 aliphatic carbocycles. The SMILES string of the molecule is CC1CCN(C(=O)[C@@H]2[C@H](C(=O)O)C2(C)C)CC1C. The molecule has 0 aromatic heterocycles. The molecule has 1 heterocycles. The summed E-state index contributed by atoms with van der Waals surface area (Å²) in [5, 5.41) is 9.13. The summed E-state index contributed by atoms with van der Waals surface area (Å²) >= 11 is 0. The number of hydrogen-bond acceptors (Lipinski definition) is 2. The van der Waals surface area contributed by atoms with Crippen LogP contribution in [0.2, 0.25) is 0 Å². The first-order valence-electron chi connectivity index (χ1n) is 6.78. The van der Waals surface area contributed by atoms with Crippen LogP contribution in [0.5, 0.6) is 0 Å². The van der Waals surface area contributed by atoms with Crippen LogP contribution in [-0.4, -0.2) is 35.0 Å². The number of likely N-dealkylation sites (tertiary alicyclic amines) is 1. The van der Waals surface area contributed by atoms with Crippen LogP contribution in [0.15, 0.2) is 0 Å². The fourth-order valence-electron chi connectivity index (χ4n) is 3.22. The van der Waals surface area contributed by atoms with Gasteiger partial charge in [-0.15, -0.1) is 0 Å². The molecule has 4 atom stereocenters. The highest BCUT2D eigenvalue weighted by Crippen LogP contribution is 2.59. The summed E-state index contributed by atoms with van der Waals surface area (Å²) < 4.78 is 0. The molecule has 0 spiro atoms. The second-order valence-electron chi connectivity index (χ2n) is 6.64. The van der Waals surface area contributed by atoms with Gasteiger partial charge in [0.1, 0.15) is 0 Å². The molecule has 2 rings (SSSR count). The monoisotopic (exact) mass is 253 g/mol. The molecule has 4 nitrogen and oxygen atoms in total. The Bertz CT molecular complexity index is 377. The molecule has 4 heteroatoms. The van der Waals surface area contributed by atoms with Gasteiger partial charge in [-0.2, -0.15) is 0 Å². The molecule has 0 aromatic carbocycles. The molecule has 2 fully saturated rings. The Morgan fingerprint density at radius 3 is 2.22 bits per heavy atom. The van der Waals surface area contributed by atoms with Crippen molar-refractivity contribution < 1.29 is 14.7 Å². The molecular weight excluding hydrogens is 230 g/mol. The summed E-state index contributed by atoms with van der Waals surface area (Å²) in [6.45, 7) is 9.70. The lowest BCUT2D eigenvalue weighted by Crippen LogP contribution is -2.43. The van der Waals surface area contributed by atoms with Gasteiger partial charge in [0.05, 0.1) is 11.8 Å². The highest BCUT2D eigenvalue weighted by Gasteiger charge is 2.66. The second-order valence-corrected chi connectivity index (χ2v) is 6.64. The van der Waals surface area contributed by atoms with Gasteiger partial charge in [0.15, 0.2) is 0 Å². The Kier molecular flexibility index (Phi) is 3.16. The highest BCUT2D eigenvalue weighted by molar-refractivity contribution is 5.91. The van der Waals surface area contributed by atoms with Gasteiger partial charge in [-0.3, -0.25) is 9.59 Å². The summed E-state index contributed by atoms with van der Waals surface area (Å²) in [5.41, 5.74) is -0.380. The first-order chi connectivity index (χ1) is 8.26. The summed E-state index contributed by atoms with van der Waals surface area (Å²) in [7, 11) is 0. The lowest BCUT2D eigenvalue weighted by molar-refractivity contribution is -0.142. The van der Waals surface area contributed by atoms with E-state index >= 15 is 0 Å². The van der Waals surface area contributed by atoms with E-state index in [-0.39, 0.29) is 17.2 Å². The fraction of sp³-hybridized carbons (Fsp3) is 0.857. The molecule has 0 aromatic rings. The van der Waals surface area contributed by atoms with Crippen LogP contribution >= 0.6 is 0 Å². The molecule has 0 bridgehead atoms. The van der Waals surface area contributed by atoms with Crippen molar-refractivity contribution in [2.75, 3.05) is 13.1 Å². The number of piperidine rings is 1. The van der Waals surface area contributed by atoms with Gasteiger partial charge < -0.3 is 10.0 Å². The van der Waals surface area contributed by atoms with E-state index in [1.807, 2.05) is 18.7 Å². The van der Waals surface area contributed by atoms with Crippen molar-refractivity contribution in [3.05, 3.63) is 0 Å². The first kappa shape index (κ1) is 13.4. The van der Waals surface area contributed by atoms with E-state index in [2.05, 4.69) is 13.8 Å². The Balaban J connectivity index is 2.03. The number of rotatable bonds is 2. The zero-order valence-corrected chi connectivity index (χ0v) is 11.6. The molecule has 1 saturated heterocycles. The van der Waals surface area contributed by atoms with Gasteiger partial charge in [0.25, 0.3) is 0 Å². The van der Waals surface area contributed by atoms with Crippen molar-refractivity contribution in [1.29, 1.82) is 0 Å². The molecule has 1 aliphatic heterocycles. The number of carbonyl (C=O) groups is 2. The number of hydrogen-bond donors (Lipinski definition) is 1. The number of carboxylic acids is 1. The minimum Gasteiger partial charge on any atom is -0.481 e. The number of aliphatic carboxylic acids is 1. The van der Waals surface area contributed by atoms with E-state index in [0.717, 1.165) is 19.5 Å². The van der Waals surface area contributed by atoms with Gasteiger partial charge in [-0.1, -0.05) is 27.7 Å². The van der Waals surface area contributed by atoms with Crippen molar-refractivity contribution in [2.45, 2.75) is 34.1 Å². The van der Waals surface area contributed by atoms with Crippen molar-refractivity contribution in [3.8, 4) is 0 Å². The highest BCUT2D eigenvalue weighted by atomic mass is 16.4. The van der Waals surface area contributed by atoms with Gasteiger partial charge >= 0.3 is 5.97 Å². The third-order valence-corrected chi connectivity index (χ3v) is 5.01. The van der Waals surface area contributed by atoms with Crippen LogP contribution in [0.1, 0.15) is 34.1 Å². The van der Waals surface area contributed by atoms with E-state index in [1.165, 1.54) is 0 Å². The second kappa shape index (κ2) is 4.25. The van der Waals surface area contributed by atoms with Gasteiger partial charge in [0, 0.05) is 13.1 Å². The maximum absolute atomic E-state index is 12.4. The van der Waals surface area contributed by atoms with Crippen LogP contribution in [0.3, 0.4) is 0 Å². The maximum Gasteiger partial charge on any atom is 0.307 e. The molecule has 102 valence electrons. The summed E-state index contributed by atoms with van der Waals surface area (Å²) in [5.74, 6) is -0.456. The number of amides is 1. The van der Waals surface area contributed by atoms with Crippen LogP contribution in [-0.2, 0) is 9.59 Å². The summed E-state index contributed by atoms with van der Waals surface area (Å²) in [6.07, 6.45) is 1.03. The van der Waals surface area contributed by atoms with E-state index in [4.69, 9.17) is 5.11 Å². The van der Waals surface area contributed by atoms with Gasteiger partial charge in [-0.05, 0) is 23.7 Å². The van der Waals surface area contributed by atoms with Crippen molar-refractivity contribution >= 4 is 11.9 Å². The van der Waals surface area contributed by atoms with Crippen LogP contribution in [0.4, 0.5) is 0 Å². The number of nitrogens with zero attached hydrogens (tertiary/aromatic N) is 1. The third kappa shape index (κ3) is 2.02. The molecule has 1 saturated carbocycles. The maximum atomic E-state index is 12.4. The molecule has 0 radical (unpaired) electrons. The zero-order chi connectivity index (χ0) is 13.7. The smallest absolute Gasteiger partial charge is 0.307 e. The average molecular weight is 253 g/mol. The Morgan fingerprint density at radius 2 is 1.78 bits per heavy atom. The minimum absolute atomic E-state index is 0.0474. The van der Waals surface area contributed by atoms with Crippen molar-refractivity contribution in [2.24, 2.45) is 29.1 Å². The largest absolute Gasteiger partial charge is 0.481 e. The first-order valence-corrected chi connectivity index (χ1v) is 6.78. The van der Waals surface area contributed by atoms with Crippen LogP contribution in [0, 0.1) is 29.1 Å². The molecule has 1 N–H and O–H groups in total.